The highest BCUT2D eigenvalue weighted by molar-refractivity contribution is 5.91. The SMILES string of the molecule is Cc1ccncc1-c1cc(-c2nc3nccc(-c4cc(F)cc(OCCN5CCCC5)c4)c3[nH]2)[nH]n1. The van der Waals surface area contributed by atoms with Crippen molar-refractivity contribution < 1.29 is 9.13 Å². The summed E-state index contributed by atoms with van der Waals surface area (Å²) in [5, 5.41) is 7.49. The third-order valence-corrected chi connectivity index (χ3v) is 6.60. The van der Waals surface area contributed by atoms with Crippen LogP contribution in [0.15, 0.2) is 55.0 Å². The zero-order valence-corrected chi connectivity index (χ0v) is 20.0. The van der Waals surface area contributed by atoms with Crippen LogP contribution in [0.2, 0.25) is 0 Å². The monoisotopic (exact) mass is 483 g/mol. The zero-order valence-electron chi connectivity index (χ0n) is 20.0. The number of pyridine rings is 2. The van der Waals surface area contributed by atoms with Crippen LogP contribution in [-0.2, 0) is 0 Å². The van der Waals surface area contributed by atoms with E-state index in [1.165, 1.54) is 25.0 Å². The summed E-state index contributed by atoms with van der Waals surface area (Å²) in [6.07, 6.45) is 7.70. The third kappa shape index (κ3) is 4.45. The molecule has 1 fully saturated rings. The maximum Gasteiger partial charge on any atom is 0.178 e. The van der Waals surface area contributed by atoms with E-state index in [0.29, 0.717) is 29.4 Å². The predicted octanol–water partition coefficient (Wildman–Crippen LogP) is 5.00. The fourth-order valence-corrected chi connectivity index (χ4v) is 4.69. The number of nitrogens with zero attached hydrogens (tertiary/aromatic N) is 5. The Morgan fingerprint density at radius 3 is 2.81 bits per heavy atom. The lowest BCUT2D eigenvalue weighted by Gasteiger charge is -2.15. The van der Waals surface area contributed by atoms with Crippen LogP contribution in [0.1, 0.15) is 18.4 Å². The number of hydrogen-bond acceptors (Lipinski definition) is 6. The Kier molecular flexibility index (Phi) is 5.90. The first-order chi connectivity index (χ1) is 17.6. The molecule has 9 heteroatoms. The van der Waals surface area contributed by atoms with Gasteiger partial charge in [-0.3, -0.25) is 15.0 Å². The van der Waals surface area contributed by atoms with Crippen molar-refractivity contribution in [2.75, 3.05) is 26.2 Å². The van der Waals surface area contributed by atoms with E-state index in [-0.39, 0.29) is 5.82 Å². The first-order valence-electron chi connectivity index (χ1n) is 12.1. The van der Waals surface area contributed by atoms with Crippen LogP contribution in [-0.4, -0.2) is 61.3 Å². The van der Waals surface area contributed by atoms with Gasteiger partial charge in [-0.25, -0.2) is 14.4 Å². The number of halogens is 1. The van der Waals surface area contributed by atoms with Crippen LogP contribution in [0.3, 0.4) is 0 Å². The van der Waals surface area contributed by atoms with Crippen LogP contribution in [0.5, 0.6) is 5.75 Å². The van der Waals surface area contributed by atoms with Crippen molar-refractivity contribution in [1.29, 1.82) is 0 Å². The smallest absolute Gasteiger partial charge is 0.178 e. The number of aryl methyl sites for hydroxylation is 1. The predicted molar refractivity (Wildman–Crippen MR) is 136 cm³/mol. The quantitative estimate of drug-likeness (QED) is 0.338. The zero-order chi connectivity index (χ0) is 24.5. The van der Waals surface area contributed by atoms with Crippen LogP contribution in [0, 0.1) is 12.7 Å². The number of benzene rings is 1. The number of likely N-dealkylation sites (tertiary alicyclic amines) is 1. The van der Waals surface area contributed by atoms with E-state index >= 15 is 0 Å². The van der Waals surface area contributed by atoms with E-state index < -0.39 is 0 Å². The molecule has 1 aliphatic heterocycles. The molecule has 0 radical (unpaired) electrons. The van der Waals surface area contributed by atoms with Crippen molar-refractivity contribution in [2.24, 2.45) is 0 Å². The van der Waals surface area contributed by atoms with Gasteiger partial charge in [0.1, 0.15) is 23.9 Å². The Bertz CT molecular complexity index is 1520. The summed E-state index contributed by atoms with van der Waals surface area (Å²) < 4.78 is 20.5. The molecule has 5 aromatic rings. The lowest BCUT2D eigenvalue weighted by atomic mass is 10.1. The lowest BCUT2D eigenvalue weighted by Crippen LogP contribution is -2.25. The maximum atomic E-state index is 14.6. The fraction of sp³-hybridized carbons (Fsp3) is 0.259. The fourth-order valence-electron chi connectivity index (χ4n) is 4.69. The third-order valence-electron chi connectivity index (χ3n) is 6.60. The molecule has 0 amide bonds. The molecule has 4 aromatic heterocycles. The number of rotatable bonds is 7. The Labute approximate surface area is 207 Å². The molecule has 0 aliphatic carbocycles. The van der Waals surface area contributed by atoms with E-state index in [9.17, 15) is 4.39 Å². The van der Waals surface area contributed by atoms with Crippen molar-refractivity contribution in [2.45, 2.75) is 19.8 Å². The maximum absolute atomic E-state index is 14.6. The van der Waals surface area contributed by atoms with E-state index in [4.69, 9.17) is 4.74 Å². The first kappa shape index (κ1) is 22.4. The van der Waals surface area contributed by atoms with E-state index in [1.54, 1.807) is 18.6 Å². The molecule has 0 unspecified atom stereocenters. The number of fused-ring (bicyclic) bond motifs is 1. The molecule has 1 aromatic carbocycles. The van der Waals surface area contributed by atoms with E-state index in [2.05, 4.69) is 35.0 Å². The summed E-state index contributed by atoms with van der Waals surface area (Å²) in [6.45, 7) is 5.61. The van der Waals surface area contributed by atoms with Gasteiger partial charge in [-0.2, -0.15) is 5.10 Å². The van der Waals surface area contributed by atoms with Gasteiger partial charge in [0.25, 0.3) is 0 Å². The molecule has 182 valence electrons. The highest BCUT2D eigenvalue weighted by Gasteiger charge is 2.16. The minimum Gasteiger partial charge on any atom is -0.492 e. The second-order valence-electron chi connectivity index (χ2n) is 9.07. The summed E-state index contributed by atoms with van der Waals surface area (Å²) in [7, 11) is 0. The van der Waals surface area contributed by atoms with Gasteiger partial charge in [-0.05, 0) is 74.3 Å². The Morgan fingerprint density at radius 1 is 1.06 bits per heavy atom. The van der Waals surface area contributed by atoms with Crippen molar-refractivity contribution in [3.05, 3.63) is 66.4 Å². The number of hydrogen-bond donors (Lipinski definition) is 2. The number of imidazole rings is 1. The molecule has 1 aliphatic rings. The normalized spacial score (nSPS) is 14.1. The van der Waals surface area contributed by atoms with Gasteiger partial charge in [-0.15, -0.1) is 0 Å². The van der Waals surface area contributed by atoms with Gasteiger partial charge in [0.15, 0.2) is 11.5 Å². The molecule has 8 nitrogen and oxygen atoms in total. The number of ether oxygens (including phenoxy) is 1. The van der Waals surface area contributed by atoms with Crippen molar-refractivity contribution in [1.82, 2.24) is 35.0 Å². The van der Waals surface area contributed by atoms with Gasteiger partial charge < -0.3 is 9.72 Å². The Morgan fingerprint density at radius 2 is 1.94 bits per heavy atom. The summed E-state index contributed by atoms with van der Waals surface area (Å²) >= 11 is 0. The highest BCUT2D eigenvalue weighted by atomic mass is 19.1. The number of nitrogens with one attached hydrogen (secondary N) is 2. The Balaban J connectivity index is 1.29. The molecule has 36 heavy (non-hydrogen) atoms. The molecule has 0 saturated carbocycles. The summed E-state index contributed by atoms with van der Waals surface area (Å²) in [5.41, 5.74) is 6.29. The van der Waals surface area contributed by atoms with Crippen molar-refractivity contribution in [3.8, 4) is 39.7 Å². The minimum absolute atomic E-state index is 0.349. The van der Waals surface area contributed by atoms with Gasteiger partial charge in [0, 0.05) is 42.3 Å². The molecule has 6 rings (SSSR count). The van der Waals surface area contributed by atoms with Gasteiger partial charge in [-0.1, -0.05) is 0 Å². The average Bonchev–Trinajstić information content (AvgIpc) is 3.64. The summed E-state index contributed by atoms with van der Waals surface area (Å²) in [5.74, 6) is 0.765. The number of aromatic amines is 2. The molecule has 5 heterocycles. The molecule has 0 bridgehead atoms. The molecular formula is C27H26FN7O. The van der Waals surface area contributed by atoms with Crippen LogP contribution in [0.4, 0.5) is 4.39 Å². The molecule has 0 atom stereocenters. The molecule has 0 spiro atoms. The molecule has 1 saturated heterocycles. The summed E-state index contributed by atoms with van der Waals surface area (Å²) in [4.78, 5) is 19.0. The van der Waals surface area contributed by atoms with Gasteiger partial charge in [0.2, 0.25) is 0 Å². The largest absolute Gasteiger partial charge is 0.492 e. The molecular weight excluding hydrogens is 457 g/mol. The van der Waals surface area contributed by atoms with Gasteiger partial charge in [0.05, 0.1) is 11.2 Å². The topological polar surface area (TPSA) is 95.6 Å². The van der Waals surface area contributed by atoms with Crippen molar-refractivity contribution >= 4 is 11.2 Å². The van der Waals surface area contributed by atoms with Crippen LogP contribution < -0.4 is 4.74 Å². The second kappa shape index (κ2) is 9.50. The van der Waals surface area contributed by atoms with Crippen LogP contribution >= 0.6 is 0 Å². The first-order valence-corrected chi connectivity index (χ1v) is 12.1. The Hall–Kier alpha value is -4.11. The second-order valence-corrected chi connectivity index (χ2v) is 9.07. The number of aromatic nitrogens is 6. The van der Waals surface area contributed by atoms with Crippen LogP contribution in [0.25, 0.3) is 45.1 Å². The van der Waals surface area contributed by atoms with Crippen molar-refractivity contribution in [3.63, 3.8) is 0 Å². The lowest BCUT2D eigenvalue weighted by molar-refractivity contribution is 0.237. The van der Waals surface area contributed by atoms with E-state index in [0.717, 1.165) is 53.2 Å². The average molecular weight is 484 g/mol. The highest BCUT2D eigenvalue weighted by Crippen LogP contribution is 2.32. The summed E-state index contributed by atoms with van der Waals surface area (Å²) in [6, 6.07) is 10.5. The minimum atomic E-state index is -0.349. The van der Waals surface area contributed by atoms with Gasteiger partial charge >= 0.3 is 0 Å². The standard InChI is InChI=1S/C27H26FN7O/c1-17-4-6-29-16-22(17)23-15-24(34-33-23)26-31-25-21(5-7-30-27(25)32-26)18-12-19(28)14-20(13-18)36-11-10-35-8-2-3-9-35/h4-7,12-16H,2-3,8-11H2,1H3,(H,33,34)(H,30,31,32). The van der Waals surface area contributed by atoms with E-state index in [1.807, 2.05) is 31.2 Å². The number of H-pyrrole nitrogens is 2. The molecule has 2 N–H and O–H groups in total.